The summed E-state index contributed by atoms with van der Waals surface area (Å²) in [4.78, 5) is 16.9. The third-order valence-electron chi connectivity index (χ3n) is 3.72. The number of carbonyl (C=O) groups excluding carboxylic acids is 1. The summed E-state index contributed by atoms with van der Waals surface area (Å²) in [6, 6.07) is 3.63. The summed E-state index contributed by atoms with van der Waals surface area (Å²) < 4.78 is 5.66. The lowest BCUT2D eigenvalue weighted by Crippen LogP contribution is -2.50. The monoisotopic (exact) mass is 291 g/mol. The molecule has 1 aliphatic rings. The Hall–Kier alpha value is -1.62. The first-order valence-electron chi connectivity index (χ1n) is 7.75. The highest BCUT2D eigenvalue weighted by Crippen LogP contribution is 2.28. The highest BCUT2D eigenvalue weighted by Gasteiger charge is 2.40. The summed E-state index contributed by atoms with van der Waals surface area (Å²) in [5.41, 5.74) is 0.194. The minimum absolute atomic E-state index is 0.0171. The maximum absolute atomic E-state index is 12.7. The summed E-state index contributed by atoms with van der Waals surface area (Å²) in [6.45, 7) is 6.89. The molecule has 5 heteroatoms. The molecule has 1 saturated heterocycles. The van der Waals surface area contributed by atoms with Crippen LogP contribution in [-0.4, -0.2) is 29.1 Å². The standard InChI is InChI=1S/C16H25N3O2/c1-4-8-16(9-6-11-18-16)15(20)19-13-7-5-10-17-14(13)21-12(2)3/h5,7,10,12,18H,4,6,8-9,11H2,1-3H3,(H,19,20). The van der Waals surface area contributed by atoms with Gasteiger partial charge >= 0.3 is 0 Å². The molecule has 0 spiro atoms. The smallest absolute Gasteiger partial charge is 0.244 e. The van der Waals surface area contributed by atoms with E-state index < -0.39 is 5.54 Å². The zero-order chi connectivity index (χ0) is 15.3. The summed E-state index contributed by atoms with van der Waals surface area (Å²) >= 11 is 0. The number of anilines is 1. The van der Waals surface area contributed by atoms with Crippen LogP contribution in [0.4, 0.5) is 5.69 Å². The van der Waals surface area contributed by atoms with Crippen LogP contribution in [0.25, 0.3) is 0 Å². The molecule has 0 bridgehead atoms. The van der Waals surface area contributed by atoms with Gasteiger partial charge in [0, 0.05) is 6.20 Å². The zero-order valence-electron chi connectivity index (χ0n) is 13.1. The van der Waals surface area contributed by atoms with E-state index in [-0.39, 0.29) is 12.0 Å². The average molecular weight is 291 g/mol. The Labute approximate surface area is 126 Å². The minimum Gasteiger partial charge on any atom is -0.473 e. The molecule has 1 aromatic heterocycles. The molecule has 1 atom stereocenters. The van der Waals surface area contributed by atoms with E-state index in [0.29, 0.717) is 11.6 Å². The van der Waals surface area contributed by atoms with Gasteiger partial charge in [0.1, 0.15) is 5.69 Å². The van der Waals surface area contributed by atoms with Crippen molar-refractivity contribution in [3.05, 3.63) is 18.3 Å². The van der Waals surface area contributed by atoms with E-state index in [0.717, 1.165) is 32.2 Å². The molecule has 5 nitrogen and oxygen atoms in total. The highest BCUT2D eigenvalue weighted by molar-refractivity contribution is 5.99. The molecule has 0 radical (unpaired) electrons. The van der Waals surface area contributed by atoms with Crippen molar-refractivity contribution in [2.45, 2.75) is 58.1 Å². The molecule has 0 saturated carbocycles. The van der Waals surface area contributed by atoms with Gasteiger partial charge in [-0.3, -0.25) is 4.79 Å². The summed E-state index contributed by atoms with van der Waals surface area (Å²) in [5, 5.41) is 6.37. The van der Waals surface area contributed by atoms with Gasteiger partial charge in [0.2, 0.25) is 11.8 Å². The largest absolute Gasteiger partial charge is 0.473 e. The van der Waals surface area contributed by atoms with Crippen molar-refractivity contribution in [1.82, 2.24) is 10.3 Å². The van der Waals surface area contributed by atoms with Crippen molar-refractivity contribution in [3.8, 4) is 5.88 Å². The predicted octanol–water partition coefficient (Wildman–Crippen LogP) is 2.73. The van der Waals surface area contributed by atoms with Gasteiger partial charge in [0.15, 0.2) is 0 Å². The Morgan fingerprint density at radius 1 is 1.57 bits per heavy atom. The molecule has 0 aliphatic carbocycles. The summed E-state index contributed by atoms with van der Waals surface area (Å²) in [6.07, 6.45) is 5.43. The van der Waals surface area contributed by atoms with Crippen LogP contribution in [0.3, 0.4) is 0 Å². The van der Waals surface area contributed by atoms with Crippen LogP contribution >= 0.6 is 0 Å². The summed E-state index contributed by atoms with van der Waals surface area (Å²) in [5.74, 6) is 0.494. The molecule has 1 unspecified atom stereocenters. The lowest BCUT2D eigenvalue weighted by molar-refractivity contribution is -0.122. The van der Waals surface area contributed by atoms with Crippen LogP contribution in [0.2, 0.25) is 0 Å². The van der Waals surface area contributed by atoms with E-state index in [1.807, 2.05) is 19.9 Å². The SMILES string of the molecule is CCCC1(C(=O)Nc2cccnc2OC(C)C)CCCN1. The van der Waals surface area contributed by atoms with Crippen molar-refractivity contribution < 1.29 is 9.53 Å². The Bertz CT molecular complexity index is 482. The normalized spacial score (nSPS) is 21.5. The Morgan fingerprint density at radius 2 is 2.38 bits per heavy atom. The van der Waals surface area contributed by atoms with Gasteiger partial charge in [-0.15, -0.1) is 0 Å². The second kappa shape index (κ2) is 6.89. The maximum atomic E-state index is 12.7. The van der Waals surface area contributed by atoms with Crippen LogP contribution in [0.1, 0.15) is 46.5 Å². The molecule has 1 fully saturated rings. The number of pyridine rings is 1. The maximum Gasteiger partial charge on any atom is 0.244 e. The fourth-order valence-corrected chi connectivity index (χ4v) is 2.80. The number of ether oxygens (including phenoxy) is 1. The lowest BCUT2D eigenvalue weighted by atomic mass is 9.91. The van der Waals surface area contributed by atoms with E-state index in [2.05, 4.69) is 22.5 Å². The number of aromatic nitrogens is 1. The number of nitrogens with one attached hydrogen (secondary N) is 2. The van der Waals surface area contributed by atoms with Crippen LogP contribution < -0.4 is 15.4 Å². The molecule has 21 heavy (non-hydrogen) atoms. The van der Waals surface area contributed by atoms with Crippen LogP contribution in [-0.2, 0) is 4.79 Å². The third-order valence-corrected chi connectivity index (χ3v) is 3.72. The molecular weight excluding hydrogens is 266 g/mol. The van der Waals surface area contributed by atoms with E-state index in [1.54, 1.807) is 12.3 Å². The molecule has 2 N–H and O–H groups in total. The molecule has 0 aromatic carbocycles. The molecule has 1 aromatic rings. The molecule has 2 rings (SSSR count). The Morgan fingerprint density at radius 3 is 3.00 bits per heavy atom. The fourth-order valence-electron chi connectivity index (χ4n) is 2.80. The summed E-state index contributed by atoms with van der Waals surface area (Å²) in [7, 11) is 0. The van der Waals surface area contributed by atoms with E-state index in [9.17, 15) is 4.79 Å². The van der Waals surface area contributed by atoms with Gasteiger partial charge in [-0.1, -0.05) is 13.3 Å². The number of hydrogen-bond donors (Lipinski definition) is 2. The lowest BCUT2D eigenvalue weighted by Gasteiger charge is -2.28. The van der Waals surface area contributed by atoms with Crippen LogP contribution in [0, 0.1) is 0 Å². The predicted molar refractivity (Wildman–Crippen MR) is 83.5 cm³/mol. The van der Waals surface area contributed by atoms with Gasteiger partial charge in [0.25, 0.3) is 0 Å². The highest BCUT2D eigenvalue weighted by atomic mass is 16.5. The third kappa shape index (κ3) is 3.73. The molecular formula is C16H25N3O2. The van der Waals surface area contributed by atoms with Crippen LogP contribution in [0.15, 0.2) is 18.3 Å². The first-order chi connectivity index (χ1) is 10.1. The van der Waals surface area contributed by atoms with Gasteiger partial charge in [0.05, 0.1) is 11.6 Å². The van der Waals surface area contributed by atoms with E-state index in [4.69, 9.17) is 4.74 Å². The molecule has 1 amide bonds. The van der Waals surface area contributed by atoms with Crippen molar-refractivity contribution >= 4 is 11.6 Å². The van der Waals surface area contributed by atoms with E-state index >= 15 is 0 Å². The number of rotatable bonds is 6. The first-order valence-corrected chi connectivity index (χ1v) is 7.75. The zero-order valence-corrected chi connectivity index (χ0v) is 13.1. The van der Waals surface area contributed by atoms with E-state index in [1.165, 1.54) is 0 Å². The van der Waals surface area contributed by atoms with Gasteiger partial charge in [-0.05, 0) is 51.8 Å². The number of carbonyl (C=O) groups is 1. The second-order valence-electron chi connectivity index (χ2n) is 5.84. The van der Waals surface area contributed by atoms with Crippen LogP contribution in [0.5, 0.6) is 5.88 Å². The fraction of sp³-hybridized carbons (Fsp3) is 0.625. The van der Waals surface area contributed by atoms with Crippen molar-refractivity contribution in [2.24, 2.45) is 0 Å². The van der Waals surface area contributed by atoms with Gasteiger partial charge in [-0.2, -0.15) is 0 Å². The topological polar surface area (TPSA) is 63.2 Å². The number of hydrogen-bond acceptors (Lipinski definition) is 4. The van der Waals surface area contributed by atoms with Gasteiger partial charge < -0.3 is 15.4 Å². The second-order valence-corrected chi connectivity index (χ2v) is 5.84. The van der Waals surface area contributed by atoms with Gasteiger partial charge in [-0.25, -0.2) is 4.98 Å². The molecule has 2 heterocycles. The Balaban J connectivity index is 2.15. The number of nitrogens with zero attached hydrogens (tertiary/aromatic N) is 1. The molecule has 116 valence electrons. The number of amides is 1. The van der Waals surface area contributed by atoms with Crippen molar-refractivity contribution in [1.29, 1.82) is 0 Å². The minimum atomic E-state index is -0.445. The molecule has 1 aliphatic heterocycles. The Kier molecular flexibility index (Phi) is 5.17. The quantitative estimate of drug-likeness (QED) is 0.846. The van der Waals surface area contributed by atoms with Crippen molar-refractivity contribution in [3.63, 3.8) is 0 Å². The first kappa shape index (κ1) is 15.8. The van der Waals surface area contributed by atoms with Crippen molar-refractivity contribution in [2.75, 3.05) is 11.9 Å². The average Bonchev–Trinajstić information content (AvgIpc) is 2.91.